The largest absolute Gasteiger partial charge is 0.416 e. The number of nitrogens with zero attached hydrogens (tertiary/aromatic N) is 1. The van der Waals surface area contributed by atoms with Crippen LogP contribution in [0.4, 0.5) is 13.2 Å². The predicted octanol–water partition coefficient (Wildman–Crippen LogP) is 5.41. The number of hydrogen-bond acceptors (Lipinski definition) is 5. The van der Waals surface area contributed by atoms with Crippen LogP contribution in [0.25, 0.3) is 21.1 Å². The lowest BCUT2D eigenvalue weighted by Crippen LogP contribution is -2.26. The number of aromatic amines is 1. The number of rotatable bonds is 7. The van der Waals surface area contributed by atoms with Crippen molar-refractivity contribution in [3.8, 4) is 21.1 Å². The number of hydrogen-bond donors (Lipinski definition) is 2. The fourth-order valence-electron chi connectivity index (χ4n) is 3.07. The lowest BCUT2D eigenvalue weighted by atomic mass is 10.1. The molecule has 0 saturated carbocycles. The van der Waals surface area contributed by atoms with Crippen molar-refractivity contribution in [2.45, 2.75) is 17.5 Å². The van der Waals surface area contributed by atoms with Crippen molar-refractivity contribution in [3.05, 3.63) is 70.4 Å². The molecule has 4 rings (SSSR count). The lowest BCUT2D eigenvalue weighted by Gasteiger charge is -2.10. The third-order valence-electron chi connectivity index (χ3n) is 4.55. The van der Waals surface area contributed by atoms with E-state index in [9.17, 15) is 21.6 Å². The number of aromatic nitrogens is 2. The van der Waals surface area contributed by atoms with Gasteiger partial charge in [-0.1, -0.05) is 12.1 Å². The number of sulfonamides is 1. The first kappa shape index (κ1) is 21.8. The summed E-state index contributed by atoms with van der Waals surface area (Å²) in [5, 5.41) is 11.4. The zero-order valence-electron chi connectivity index (χ0n) is 15.8. The van der Waals surface area contributed by atoms with E-state index in [-0.39, 0.29) is 11.4 Å². The fraction of sp³-hybridized carbons (Fsp3) is 0.150. The van der Waals surface area contributed by atoms with Gasteiger partial charge in [0.2, 0.25) is 10.0 Å². The maximum Gasteiger partial charge on any atom is 0.416 e. The molecule has 11 heteroatoms. The van der Waals surface area contributed by atoms with E-state index in [0.717, 1.165) is 51.0 Å². The summed E-state index contributed by atoms with van der Waals surface area (Å²) in [6, 6.07) is 11.2. The molecule has 0 radical (unpaired) electrons. The maximum absolute atomic E-state index is 12.7. The number of thiophene rings is 2. The van der Waals surface area contributed by atoms with E-state index in [4.69, 9.17) is 0 Å². The third-order valence-corrected chi connectivity index (χ3v) is 7.79. The first-order chi connectivity index (χ1) is 14.8. The Morgan fingerprint density at radius 2 is 1.61 bits per heavy atom. The van der Waals surface area contributed by atoms with Crippen molar-refractivity contribution >= 4 is 32.7 Å². The Labute approximate surface area is 184 Å². The number of nitrogens with one attached hydrogen (secondary N) is 2. The molecule has 3 heterocycles. The number of benzene rings is 1. The van der Waals surface area contributed by atoms with Gasteiger partial charge < -0.3 is 0 Å². The minimum absolute atomic E-state index is 0.0691. The Bertz CT molecular complexity index is 1190. The molecule has 5 nitrogen and oxygen atoms in total. The Hall–Kier alpha value is -2.47. The second-order valence-electron chi connectivity index (χ2n) is 6.55. The van der Waals surface area contributed by atoms with Gasteiger partial charge in [-0.15, -0.1) is 22.7 Å². The summed E-state index contributed by atoms with van der Waals surface area (Å²) in [6.45, 7) is 0.0691. The van der Waals surface area contributed by atoms with Crippen LogP contribution in [0.2, 0.25) is 0 Å². The highest BCUT2D eigenvalue weighted by molar-refractivity contribution is 7.89. The second kappa shape index (κ2) is 8.58. The van der Waals surface area contributed by atoms with Gasteiger partial charge in [-0.05, 0) is 53.6 Å². The van der Waals surface area contributed by atoms with Crippen LogP contribution in [-0.2, 0) is 22.6 Å². The summed E-state index contributed by atoms with van der Waals surface area (Å²) >= 11 is 3.07. The molecule has 0 aliphatic heterocycles. The smallest absolute Gasteiger partial charge is 0.276 e. The zero-order valence-corrected chi connectivity index (χ0v) is 18.3. The molecule has 0 aliphatic carbocycles. The number of halogens is 3. The van der Waals surface area contributed by atoms with Crippen LogP contribution in [0.15, 0.2) is 64.2 Å². The Morgan fingerprint density at radius 3 is 2.19 bits per heavy atom. The molecular formula is C20H16F3N3O2S3. The van der Waals surface area contributed by atoms with E-state index in [0.29, 0.717) is 6.42 Å². The first-order valence-electron chi connectivity index (χ1n) is 9.07. The van der Waals surface area contributed by atoms with Crippen molar-refractivity contribution < 1.29 is 21.6 Å². The average Bonchev–Trinajstić information content (AvgIpc) is 3.48. The van der Waals surface area contributed by atoms with E-state index in [1.165, 1.54) is 11.3 Å². The highest BCUT2D eigenvalue weighted by Crippen LogP contribution is 2.35. The van der Waals surface area contributed by atoms with Crippen LogP contribution in [0.3, 0.4) is 0 Å². The standard InChI is InChI=1S/C20H16F3N3O2S3/c21-20(22,23)13-5-7-14(8-6-13)31(27,28)24-10-9-15-18(16-3-1-11-29-16)25-26-19(15)17-4-2-12-30-17/h1-8,11-12,24H,9-10H2,(H,25,26). The van der Waals surface area contributed by atoms with Gasteiger partial charge in [0, 0.05) is 12.1 Å². The minimum atomic E-state index is -4.52. The summed E-state index contributed by atoms with van der Waals surface area (Å²) in [5.41, 5.74) is 1.56. The third kappa shape index (κ3) is 4.74. The highest BCUT2D eigenvalue weighted by Gasteiger charge is 2.30. The van der Waals surface area contributed by atoms with Gasteiger partial charge in [0.25, 0.3) is 0 Å². The quantitative estimate of drug-likeness (QED) is 0.369. The van der Waals surface area contributed by atoms with Gasteiger partial charge in [0.05, 0.1) is 25.9 Å². The van der Waals surface area contributed by atoms with Crippen molar-refractivity contribution in [3.63, 3.8) is 0 Å². The van der Waals surface area contributed by atoms with Gasteiger partial charge in [-0.3, -0.25) is 5.10 Å². The fourth-order valence-corrected chi connectivity index (χ4v) is 5.59. The molecule has 0 unspecified atom stereocenters. The van der Waals surface area contributed by atoms with Crippen LogP contribution < -0.4 is 4.72 Å². The molecule has 4 aromatic rings. The average molecular weight is 484 g/mol. The molecule has 2 N–H and O–H groups in total. The van der Waals surface area contributed by atoms with Gasteiger partial charge in [0.1, 0.15) is 5.69 Å². The summed E-state index contributed by atoms with van der Waals surface area (Å²) < 4.78 is 65.7. The Balaban J connectivity index is 1.53. The highest BCUT2D eigenvalue weighted by atomic mass is 32.2. The van der Waals surface area contributed by atoms with Crippen molar-refractivity contribution in [2.24, 2.45) is 0 Å². The van der Waals surface area contributed by atoms with E-state index in [1.807, 2.05) is 35.0 Å². The van der Waals surface area contributed by atoms with Crippen molar-refractivity contribution in [1.29, 1.82) is 0 Å². The number of H-pyrrole nitrogens is 1. The molecule has 0 atom stereocenters. The van der Waals surface area contributed by atoms with Crippen LogP contribution in [0.1, 0.15) is 11.1 Å². The normalized spacial score (nSPS) is 12.4. The summed E-state index contributed by atoms with van der Waals surface area (Å²) in [5.74, 6) is 0. The molecule has 0 saturated heterocycles. The summed E-state index contributed by atoms with van der Waals surface area (Å²) in [6.07, 6.45) is -4.16. The SMILES string of the molecule is O=S(=O)(NCCc1c(-c2cccs2)n[nH]c1-c1cccs1)c1ccc(C(F)(F)F)cc1. The molecule has 0 spiro atoms. The maximum atomic E-state index is 12.7. The van der Waals surface area contributed by atoms with E-state index < -0.39 is 21.8 Å². The molecule has 0 bridgehead atoms. The first-order valence-corrected chi connectivity index (χ1v) is 12.3. The zero-order chi connectivity index (χ0) is 22.1. The topological polar surface area (TPSA) is 74.8 Å². The molecule has 0 aliphatic rings. The molecule has 31 heavy (non-hydrogen) atoms. The molecule has 162 valence electrons. The molecular weight excluding hydrogens is 467 g/mol. The summed E-state index contributed by atoms with van der Waals surface area (Å²) in [4.78, 5) is 1.72. The minimum Gasteiger partial charge on any atom is -0.276 e. The second-order valence-corrected chi connectivity index (χ2v) is 10.2. The Kier molecular flexibility index (Phi) is 6.02. The van der Waals surface area contributed by atoms with Crippen molar-refractivity contribution in [1.82, 2.24) is 14.9 Å². The van der Waals surface area contributed by atoms with Crippen molar-refractivity contribution in [2.75, 3.05) is 6.54 Å². The van der Waals surface area contributed by atoms with E-state index in [2.05, 4.69) is 14.9 Å². The van der Waals surface area contributed by atoms with Gasteiger partial charge in [-0.25, -0.2) is 13.1 Å². The predicted molar refractivity (Wildman–Crippen MR) is 116 cm³/mol. The summed E-state index contributed by atoms with van der Waals surface area (Å²) in [7, 11) is -3.95. The van der Waals surface area contributed by atoms with E-state index >= 15 is 0 Å². The van der Waals surface area contributed by atoms with Crippen LogP contribution >= 0.6 is 22.7 Å². The van der Waals surface area contributed by atoms with Crippen LogP contribution in [0.5, 0.6) is 0 Å². The number of alkyl halides is 3. The lowest BCUT2D eigenvalue weighted by molar-refractivity contribution is -0.137. The van der Waals surface area contributed by atoms with Gasteiger partial charge in [-0.2, -0.15) is 18.3 Å². The van der Waals surface area contributed by atoms with Gasteiger partial charge >= 0.3 is 6.18 Å². The van der Waals surface area contributed by atoms with Crippen LogP contribution in [0, 0.1) is 0 Å². The molecule has 0 amide bonds. The van der Waals surface area contributed by atoms with Gasteiger partial charge in [0.15, 0.2) is 0 Å². The Morgan fingerprint density at radius 1 is 0.968 bits per heavy atom. The molecule has 0 fully saturated rings. The molecule has 3 aromatic heterocycles. The monoisotopic (exact) mass is 483 g/mol. The van der Waals surface area contributed by atoms with Crippen LogP contribution in [-0.4, -0.2) is 25.2 Å². The van der Waals surface area contributed by atoms with E-state index in [1.54, 1.807) is 11.3 Å². The molecule has 1 aromatic carbocycles.